The number of unbranched alkanes of at least 4 members (excludes halogenated alkanes) is 1. The van der Waals surface area contributed by atoms with E-state index in [1.165, 1.54) is 12.8 Å². The van der Waals surface area contributed by atoms with Gasteiger partial charge in [-0.3, -0.25) is 4.79 Å². The predicted octanol–water partition coefficient (Wildman–Crippen LogP) is 2.36. The maximum absolute atomic E-state index is 11.0. The summed E-state index contributed by atoms with van der Waals surface area (Å²) in [7, 11) is 0. The van der Waals surface area contributed by atoms with Crippen LogP contribution in [0, 0.1) is 0 Å². The van der Waals surface area contributed by atoms with Crippen LogP contribution >= 0.6 is 0 Å². The molecule has 0 radical (unpaired) electrons. The molecular formula is C13H21N3O. The van der Waals surface area contributed by atoms with Crippen molar-refractivity contribution in [2.24, 2.45) is 5.73 Å². The van der Waals surface area contributed by atoms with Crippen LogP contribution in [0.5, 0.6) is 0 Å². The highest BCUT2D eigenvalue weighted by atomic mass is 16.1. The monoisotopic (exact) mass is 235 g/mol. The fourth-order valence-corrected chi connectivity index (χ4v) is 1.70. The molecule has 0 spiro atoms. The van der Waals surface area contributed by atoms with Crippen LogP contribution in [0.2, 0.25) is 0 Å². The first-order valence-electron chi connectivity index (χ1n) is 6.00. The van der Waals surface area contributed by atoms with Gasteiger partial charge in [0.15, 0.2) is 0 Å². The highest BCUT2D eigenvalue weighted by molar-refractivity contribution is 5.94. The molecule has 1 unspecified atom stereocenters. The molecule has 0 aliphatic carbocycles. The van der Waals surface area contributed by atoms with Gasteiger partial charge >= 0.3 is 0 Å². The number of carbonyl (C=O) groups is 1. The van der Waals surface area contributed by atoms with Crippen molar-refractivity contribution in [2.75, 3.05) is 11.1 Å². The Bertz CT molecular complexity index is 390. The van der Waals surface area contributed by atoms with Crippen molar-refractivity contribution in [3.05, 3.63) is 23.8 Å². The first-order valence-corrected chi connectivity index (χ1v) is 6.00. The van der Waals surface area contributed by atoms with Crippen LogP contribution in [0.4, 0.5) is 11.4 Å². The van der Waals surface area contributed by atoms with Crippen molar-refractivity contribution in [2.45, 2.75) is 39.2 Å². The minimum absolute atomic E-state index is 0.372. The van der Waals surface area contributed by atoms with Crippen LogP contribution in [0.1, 0.15) is 43.5 Å². The van der Waals surface area contributed by atoms with Crippen molar-refractivity contribution in [3.8, 4) is 0 Å². The summed E-state index contributed by atoms with van der Waals surface area (Å²) in [6, 6.07) is 5.47. The molecule has 4 heteroatoms. The van der Waals surface area contributed by atoms with E-state index >= 15 is 0 Å². The standard InChI is InChI=1S/C13H21N3O/c1-3-4-5-9(2)16-12-7-6-10(13(15)17)8-11(12)14/h6-9,16H,3-5,14H2,1-2H3,(H2,15,17). The van der Waals surface area contributed by atoms with E-state index in [2.05, 4.69) is 19.2 Å². The van der Waals surface area contributed by atoms with Crippen LogP contribution < -0.4 is 16.8 Å². The second-order valence-corrected chi connectivity index (χ2v) is 4.35. The number of nitrogens with one attached hydrogen (secondary N) is 1. The van der Waals surface area contributed by atoms with Gasteiger partial charge in [-0.15, -0.1) is 0 Å². The lowest BCUT2D eigenvalue weighted by Crippen LogP contribution is -2.17. The lowest BCUT2D eigenvalue weighted by atomic mass is 10.1. The largest absolute Gasteiger partial charge is 0.397 e. The van der Waals surface area contributed by atoms with Crippen molar-refractivity contribution >= 4 is 17.3 Å². The summed E-state index contributed by atoms with van der Waals surface area (Å²) in [6.07, 6.45) is 3.48. The number of hydrogen-bond donors (Lipinski definition) is 3. The molecule has 1 amide bonds. The Hall–Kier alpha value is -1.71. The molecule has 0 aliphatic heterocycles. The molecular weight excluding hydrogens is 214 g/mol. The number of primary amides is 1. The lowest BCUT2D eigenvalue weighted by molar-refractivity contribution is 0.100. The lowest BCUT2D eigenvalue weighted by Gasteiger charge is -2.16. The van der Waals surface area contributed by atoms with Gasteiger partial charge in [0.1, 0.15) is 0 Å². The second-order valence-electron chi connectivity index (χ2n) is 4.35. The molecule has 0 fully saturated rings. The molecule has 1 aromatic carbocycles. The molecule has 4 nitrogen and oxygen atoms in total. The van der Waals surface area contributed by atoms with Gasteiger partial charge in [-0.25, -0.2) is 0 Å². The summed E-state index contributed by atoms with van der Waals surface area (Å²) >= 11 is 0. The fraction of sp³-hybridized carbons (Fsp3) is 0.462. The van der Waals surface area contributed by atoms with Crippen molar-refractivity contribution in [1.29, 1.82) is 0 Å². The third-order valence-electron chi connectivity index (χ3n) is 2.73. The van der Waals surface area contributed by atoms with Crippen LogP contribution in [-0.4, -0.2) is 11.9 Å². The fourth-order valence-electron chi connectivity index (χ4n) is 1.70. The number of nitrogens with two attached hydrogens (primary N) is 2. The first kappa shape index (κ1) is 13.4. The van der Waals surface area contributed by atoms with Crippen LogP contribution in [0.3, 0.4) is 0 Å². The summed E-state index contributed by atoms with van der Waals surface area (Å²) in [6.45, 7) is 4.29. The number of benzene rings is 1. The Labute approximate surface area is 102 Å². The summed E-state index contributed by atoms with van der Waals surface area (Å²) in [5.74, 6) is -0.456. The van der Waals surface area contributed by atoms with Crippen LogP contribution in [0.15, 0.2) is 18.2 Å². The zero-order valence-electron chi connectivity index (χ0n) is 10.5. The number of amides is 1. The highest BCUT2D eigenvalue weighted by Gasteiger charge is 2.07. The van der Waals surface area contributed by atoms with E-state index in [-0.39, 0.29) is 0 Å². The SMILES string of the molecule is CCCCC(C)Nc1ccc(C(N)=O)cc1N. The maximum Gasteiger partial charge on any atom is 0.248 e. The zero-order chi connectivity index (χ0) is 12.8. The molecule has 1 aromatic rings. The van der Waals surface area contributed by atoms with Gasteiger partial charge in [-0.1, -0.05) is 19.8 Å². The summed E-state index contributed by atoms with van der Waals surface area (Å²) in [5, 5.41) is 3.33. The third-order valence-corrected chi connectivity index (χ3v) is 2.73. The molecule has 0 bridgehead atoms. The molecule has 17 heavy (non-hydrogen) atoms. The quantitative estimate of drug-likeness (QED) is 0.662. The average Bonchev–Trinajstić information content (AvgIpc) is 2.28. The van der Waals surface area contributed by atoms with E-state index in [1.807, 2.05) is 0 Å². The zero-order valence-corrected chi connectivity index (χ0v) is 10.5. The Morgan fingerprint density at radius 2 is 2.18 bits per heavy atom. The van der Waals surface area contributed by atoms with Crippen molar-refractivity contribution in [3.63, 3.8) is 0 Å². The molecule has 0 heterocycles. The second kappa shape index (κ2) is 6.13. The van der Waals surface area contributed by atoms with Crippen LogP contribution in [0.25, 0.3) is 0 Å². The summed E-state index contributed by atoms with van der Waals surface area (Å²) in [5.41, 5.74) is 12.9. The average molecular weight is 235 g/mol. The Balaban J connectivity index is 2.69. The number of nitrogen functional groups attached to an aromatic ring is 1. The van der Waals surface area contributed by atoms with Gasteiger partial charge in [0, 0.05) is 11.6 Å². The minimum Gasteiger partial charge on any atom is -0.397 e. The number of hydrogen-bond acceptors (Lipinski definition) is 3. The maximum atomic E-state index is 11.0. The highest BCUT2D eigenvalue weighted by Crippen LogP contribution is 2.21. The van der Waals surface area contributed by atoms with Crippen molar-refractivity contribution < 1.29 is 4.79 Å². The van der Waals surface area contributed by atoms with Crippen LogP contribution in [-0.2, 0) is 0 Å². The molecule has 0 saturated heterocycles. The Morgan fingerprint density at radius 3 is 2.71 bits per heavy atom. The molecule has 1 rings (SSSR count). The van der Waals surface area contributed by atoms with Gasteiger partial charge in [0.05, 0.1) is 11.4 Å². The van der Waals surface area contributed by atoms with E-state index in [4.69, 9.17) is 11.5 Å². The van der Waals surface area contributed by atoms with E-state index < -0.39 is 5.91 Å². The molecule has 0 saturated carbocycles. The smallest absolute Gasteiger partial charge is 0.248 e. The van der Waals surface area contributed by atoms with E-state index in [0.717, 1.165) is 12.1 Å². The molecule has 1 atom stereocenters. The molecule has 0 aromatic heterocycles. The first-order chi connectivity index (χ1) is 8.04. The molecule has 5 N–H and O–H groups in total. The van der Waals surface area contributed by atoms with Gasteiger partial charge < -0.3 is 16.8 Å². The van der Waals surface area contributed by atoms with Crippen molar-refractivity contribution in [1.82, 2.24) is 0 Å². The van der Waals surface area contributed by atoms with E-state index in [0.29, 0.717) is 17.3 Å². The summed E-state index contributed by atoms with van der Waals surface area (Å²) < 4.78 is 0. The number of carbonyl (C=O) groups excluding carboxylic acids is 1. The minimum atomic E-state index is -0.456. The number of rotatable bonds is 6. The third kappa shape index (κ3) is 3.98. The van der Waals surface area contributed by atoms with E-state index in [9.17, 15) is 4.79 Å². The van der Waals surface area contributed by atoms with Gasteiger partial charge in [-0.2, -0.15) is 0 Å². The van der Waals surface area contributed by atoms with Gasteiger partial charge in [0.25, 0.3) is 0 Å². The van der Waals surface area contributed by atoms with Gasteiger partial charge in [0.2, 0.25) is 5.91 Å². The molecule has 94 valence electrons. The normalized spacial score (nSPS) is 12.1. The Kier molecular flexibility index (Phi) is 4.82. The number of anilines is 2. The Morgan fingerprint density at radius 1 is 1.47 bits per heavy atom. The summed E-state index contributed by atoms with van der Waals surface area (Å²) in [4.78, 5) is 11.0. The van der Waals surface area contributed by atoms with E-state index in [1.54, 1.807) is 18.2 Å². The molecule has 0 aliphatic rings. The topological polar surface area (TPSA) is 81.1 Å². The predicted molar refractivity (Wildman–Crippen MR) is 72.0 cm³/mol. The van der Waals surface area contributed by atoms with Gasteiger partial charge in [-0.05, 0) is 31.5 Å².